The van der Waals surface area contributed by atoms with Gasteiger partial charge in [0.15, 0.2) is 0 Å². The summed E-state index contributed by atoms with van der Waals surface area (Å²) < 4.78 is 39.1. The summed E-state index contributed by atoms with van der Waals surface area (Å²) in [4.78, 5) is 0. The minimum atomic E-state index is -0.597. The van der Waals surface area contributed by atoms with Gasteiger partial charge in [-0.3, -0.25) is 0 Å². The highest BCUT2D eigenvalue weighted by Crippen LogP contribution is 2.48. The first-order chi connectivity index (χ1) is 18.4. The Hall–Kier alpha value is -0.825. The maximum atomic E-state index is 6.80. The summed E-state index contributed by atoms with van der Waals surface area (Å²) in [7, 11) is -1.56. The van der Waals surface area contributed by atoms with Crippen molar-refractivity contribution >= 4 is 26.6 Å². The largest absolute Gasteiger partial charge is 0.494 e. The van der Waals surface area contributed by atoms with Crippen molar-refractivity contribution in [1.82, 2.24) is 0 Å². The fourth-order valence-electron chi connectivity index (χ4n) is 6.77. The Kier molecular flexibility index (Phi) is 7.75. The second-order valence-electron chi connectivity index (χ2n) is 15.4. The second kappa shape index (κ2) is 10.1. The van der Waals surface area contributed by atoms with Crippen LogP contribution in [0.1, 0.15) is 126 Å². The Morgan fingerprint density at radius 1 is 0.675 bits per heavy atom. The van der Waals surface area contributed by atoms with Crippen LogP contribution in [-0.4, -0.2) is 54.7 Å². The van der Waals surface area contributed by atoms with E-state index in [1.807, 2.05) is 0 Å². The van der Waals surface area contributed by atoms with Crippen molar-refractivity contribution in [2.45, 2.75) is 154 Å². The molecule has 1 aromatic rings. The van der Waals surface area contributed by atoms with Crippen molar-refractivity contribution in [2.24, 2.45) is 5.92 Å². The molecular weight excluding hydrogens is 501 g/mol. The standard InChI is InChI=1S/C31H51B3O6/c1-22-14-12-15-23(20-22)24-16-13-17-25(21-24)32-35-28(6,7)30(10,39-32)18-19-31(11)29(8,9)38-34(40-31)33-36-26(2,3)27(4,5)37-33/h13,16-17,21-23H,12,14-15,18-20H2,1-11H3/t22-,23?,30?,31?/m0/s1. The van der Waals surface area contributed by atoms with Gasteiger partial charge in [0.2, 0.25) is 0 Å². The summed E-state index contributed by atoms with van der Waals surface area (Å²) in [5, 5.41) is 0. The van der Waals surface area contributed by atoms with E-state index >= 15 is 0 Å². The number of rotatable bonds is 6. The van der Waals surface area contributed by atoms with Crippen LogP contribution in [0.25, 0.3) is 0 Å². The van der Waals surface area contributed by atoms with E-state index in [1.165, 1.54) is 31.2 Å². The third-order valence-electron chi connectivity index (χ3n) is 11.3. The minimum absolute atomic E-state index is 0.389. The quantitative estimate of drug-likeness (QED) is 0.388. The topological polar surface area (TPSA) is 55.4 Å². The van der Waals surface area contributed by atoms with Gasteiger partial charge in [-0.2, -0.15) is 0 Å². The molecule has 3 heterocycles. The minimum Gasteiger partial charge on any atom is -0.405 e. The Balaban J connectivity index is 1.28. The van der Waals surface area contributed by atoms with E-state index in [0.717, 1.165) is 24.2 Å². The second-order valence-corrected chi connectivity index (χ2v) is 15.4. The zero-order chi connectivity index (χ0) is 29.4. The van der Waals surface area contributed by atoms with Gasteiger partial charge in [0.25, 0.3) is 0 Å². The van der Waals surface area contributed by atoms with E-state index in [2.05, 4.69) is 100 Å². The van der Waals surface area contributed by atoms with Crippen LogP contribution >= 0.6 is 0 Å². The molecule has 4 atom stereocenters. The number of hydrogen-bond acceptors (Lipinski definition) is 6. The molecule has 1 aromatic carbocycles. The highest BCUT2D eigenvalue weighted by molar-refractivity contribution is 7.11. The summed E-state index contributed by atoms with van der Waals surface area (Å²) in [5.41, 5.74) is -0.424. The Labute approximate surface area is 244 Å². The lowest BCUT2D eigenvalue weighted by molar-refractivity contribution is -0.0576. The molecule has 0 radical (unpaired) electrons. The van der Waals surface area contributed by atoms with E-state index in [1.54, 1.807) is 0 Å². The lowest BCUT2D eigenvalue weighted by Crippen LogP contribution is -2.50. The number of hydrogen-bond donors (Lipinski definition) is 0. The molecule has 4 aliphatic rings. The van der Waals surface area contributed by atoms with E-state index in [0.29, 0.717) is 5.92 Å². The van der Waals surface area contributed by atoms with Gasteiger partial charge in [-0.1, -0.05) is 44.0 Å². The molecule has 6 nitrogen and oxygen atoms in total. The third kappa shape index (κ3) is 5.37. The molecule has 0 aromatic heterocycles. The molecule has 0 bridgehead atoms. The molecule has 9 heteroatoms. The van der Waals surface area contributed by atoms with Gasteiger partial charge in [0, 0.05) is 0 Å². The Bertz CT molecular complexity index is 1080. The first kappa shape index (κ1) is 30.6. The van der Waals surface area contributed by atoms with Gasteiger partial charge < -0.3 is 27.9 Å². The molecule has 1 saturated carbocycles. The molecule has 3 unspecified atom stereocenters. The summed E-state index contributed by atoms with van der Waals surface area (Å²) in [6.45, 7) is 23.4. The van der Waals surface area contributed by atoms with Gasteiger partial charge in [0.1, 0.15) is 0 Å². The summed E-state index contributed by atoms with van der Waals surface area (Å²) in [5.74, 6) is 1.42. The molecule has 3 aliphatic heterocycles. The molecule has 1 aliphatic carbocycles. The molecule has 3 saturated heterocycles. The first-order valence-corrected chi connectivity index (χ1v) is 15.5. The molecule has 0 N–H and O–H groups in total. The average Bonchev–Trinajstić information content (AvgIpc) is 3.34. The van der Waals surface area contributed by atoms with Crippen molar-refractivity contribution in [3.8, 4) is 0 Å². The maximum Gasteiger partial charge on any atom is 0.494 e. The van der Waals surface area contributed by atoms with E-state index in [9.17, 15) is 0 Å². The lowest BCUT2D eigenvalue weighted by atomic mass is 9.49. The van der Waals surface area contributed by atoms with Crippen LogP contribution in [0, 0.1) is 5.92 Å². The fourth-order valence-corrected chi connectivity index (χ4v) is 6.77. The highest BCUT2D eigenvalue weighted by Gasteiger charge is 2.65. The fraction of sp³-hybridized carbons (Fsp3) is 0.806. The Morgan fingerprint density at radius 3 is 1.85 bits per heavy atom. The van der Waals surface area contributed by atoms with Crippen LogP contribution < -0.4 is 5.46 Å². The van der Waals surface area contributed by atoms with Crippen molar-refractivity contribution in [3.63, 3.8) is 0 Å². The molecule has 0 amide bonds. The van der Waals surface area contributed by atoms with Crippen LogP contribution in [-0.2, 0) is 27.9 Å². The molecule has 5 rings (SSSR count). The van der Waals surface area contributed by atoms with Crippen molar-refractivity contribution in [2.75, 3.05) is 0 Å². The van der Waals surface area contributed by atoms with Crippen LogP contribution in [0.4, 0.5) is 0 Å². The van der Waals surface area contributed by atoms with Gasteiger partial charge in [-0.25, -0.2) is 0 Å². The van der Waals surface area contributed by atoms with Gasteiger partial charge >= 0.3 is 21.1 Å². The molecule has 4 fully saturated rings. The number of benzene rings is 1. The van der Waals surface area contributed by atoms with Crippen LogP contribution in [0.5, 0.6) is 0 Å². The van der Waals surface area contributed by atoms with Crippen molar-refractivity contribution in [1.29, 1.82) is 0 Å². The van der Waals surface area contributed by atoms with E-state index in [-0.39, 0.29) is 7.12 Å². The average molecular weight is 552 g/mol. The smallest absolute Gasteiger partial charge is 0.405 e. The van der Waals surface area contributed by atoms with Crippen LogP contribution in [0.2, 0.25) is 0 Å². The first-order valence-electron chi connectivity index (χ1n) is 15.5. The highest BCUT2D eigenvalue weighted by atomic mass is 16.7. The predicted molar refractivity (Wildman–Crippen MR) is 163 cm³/mol. The van der Waals surface area contributed by atoms with Gasteiger partial charge in [0.05, 0.1) is 33.6 Å². The monoisotopic (exact) mass is 552 g/mol. The normalized spacial score (nSPS) is 36.4. The summed E-state index contributed by atoms with van der Waals surface area (Å²) >= 11 is 0. The lowest BCUT2D eigenvalue weighted by Gasteiger charge is -2.42. The van der Waals surface area contributed by atoms with E-state index < -0.39 is 47.6 Å². The molecule has 0 spiro atoms. The summed E-state index contributed by atoms with van der Waals surface area (Å²) in [6, 6.07) is 8.92. The summed E-state index contributed by atoms with van der Waals surface area (Å²) in [6.07, 6.45) is 6.70. The molecule has 220 valence electrons. The SMILES string of the molecule is C[C@H]1CCCC(c2cccc(B3OC(C)(C)C(C)(CCC4(C)OB(B5OC(C)(C)C(C)(C)O5)OC4(C)C)O3)c2)C1. The predicted octanol–water partition coefficient (Wildman–Crippen LogP) is 6.28. The zero-order valence-electron chi connectivity index (χ0n) is 26.9. The van der Waals surface area contributed by atoms with E-state index in [4.69, 9.17) is 27.9 Å². The Morgan fingerprint density at radius 2 is 1.23 bits per heavy atom. The molecular formula is C31H51B3O6. The van der Waals surface area contributed by atoms with Gasteiger partial charge in [-0.05, 0) is 118 Å². The molecule has 40 heavy (non-hydrogen) atoms. The van der Waals surface area contributed by atoms with Crippen molar-refractivity contribution in [3.05, 3.63) is 29.8 Å². The zero-order valence-corrected chi connectivity index (χ0v) is 26.9. The van der Waals surface area contributed by atoms with Crippen LogP contribution in [0.15, 0.2) is 24.3 Å². The van der Waals surface area contributed by atoms with Crippen molar-refractivity contribution < 1.29 is 27.9 Å². The van der Waals surface area contributed by atoms with Gasteiger partial charge in [-0.15, -0.1) is 0 Å². The third-order valence-corrected chi connectivity index (χ3v) is 11.3. The maximum absolute atomic E-state index is 6.80. The van der Waals surface area contributed by atoms with Crippen LogP contribution in [0.3, 0.4) is 0 Å².